The molecule has 1 rings (SSSR count). The van der Waals surface area contributed by atoms with Crippen molar-refractivity contribution in [3.63, 3.8) is 0 Å². The molecule has 0 fully saturated rings. The normalized spacial score (nSPS) is 8.87. The number of halogens is 1. The molecule has 0 unspecified atom stereocenters. The molecule has 0 aliphatic carbocycles. The summed E-state index contributed by atoms with van der Waals surface area (Å²) >= 11 is 5.63. The zero-order chi connectivity index (χ0) is 11.4. The average molecular weight is 225 g/mol. The first-order chi connectivity index (χ1) is 7.00. The van der Waals surface area contributed by atoms with E-state index in [1.807, 2.05) is 5.92 Å². The Bertz CT molecular complexity index is 488. The van der Waals surface area contributed by atoms with Gasteiger partial charge in [-0.25, -0.2) is 0 Å². The van der Waals surface area contributed by atoms with Crippen molar-refractivity contribution in [1.29, 1.82) is 0 Å². The van der Waals surface area contributed by atoms with Crippen LogP contribution >= 0.6 is 11.6 Å². The Morgan fingerprint density at radius 1 is 1.53 bits per heavy atom. The standard InChI is InChI=1S/C9H5ClN2O3/c10-7-2-3-8(12(14)15)6(5-7)1-4-9(11)13/h2-3,5H,(H2,11,13). The van der Waals surface area contributed by atoms with E-state index in [1.54, 1.807) is 0 Å². The Morgan fingerprint density at radius 2 is 2.20 bits per heavy atom. The summed E-state index contributed by atoms with van der Waals surface area (Å²) in [5.41, 5.74) is 4.64. The van der Waals surface area contributed by atoms with E-state index in [1.165, 1.54) is 18.2 Å². The van der Waals surface area contributed by atoms with Gasteiger partial charge < -0.3 is 5.73 Å². The first kappa shape index (κ1) is 11.0. The van der Waals surface area contributed by atoms with E-state index in [0.29, 0.717) is 5.02 Å². The summed E-state index contributed by atoms with van der Waals surface area (Å²) in [4.78, 5) is 20.3. The van der Waals surface area contributed by atoms with Crippen LogP contribution in [-0.4, -0.2) is 10.8 Å². The molecule has 6 heteroatoms. The monoisotopic (exact) mass is 224 g/mol. The third kappa shape index (κ3) is 2.97. The molecular weight excluding hydrogens is 220 g/mol. The molecule has 0 aliphatic rings. The summed E-state index contributed by atoms with van der Waals surface area (Å²) in [6.07, 6.45) is 0. The molecule has 0 saturated carbocycles. The van der Waals surface area contributed by atoms with Gasteiger partial charge in [0.25, 0.3) is 11.6 Å². The van der Waals surface area contributed by atoms with Crippen LogP contribution in [0, 0.1) is 22.0 Å². The second kappa shape index (κ2) is 4.44. The Kier molecular flexibility index (Phi) is 3.26. The van der Waals surface area contributed by atoms with Gasteiger partial charge in [-0.1, -0.05) is 11.6 Å². The van der Waals surface area contributed by atoms with Crippen LogP contribution in [0.4, 0.5) is 5.69 Å². The third-order valence-electron chi connectivity index (χ3n) is 1.48. The molecule has 1 aromatic carbocycles. The van der Waals surface area contributed by atoms with Crippen LogP contribution < -0.4 is 5.73 Å². The number of rotatable bonds is 1. The van der Waals surface area contributed by atoms with Crippen LogP contribution in [0.3, 0.4) is 0 Å². The summed E-state index contributed by atoms with van der Waals surface area (Å²) in [6.45, 7) is 0. The van der Waals surface area contributed by atoms with Crippen LogP contribution in [0.1, 0.15) is 5.56 Å². The number of hydrogen-bond donors (Lipinski definition) is 1. The van der Waals surface area contributed by atoms with E-state index in [9.17, 15) is 14.9 Å². The minimum absolute atomic E-state index is 0.0614. The van der Waals surface area contributed by atoms with Crippen LogP contribution in [0.5, 0.6) is 0 Å². The highest BCUT2D eigenvalue weighted by Crippen LogP contribution is 2.21. The molecular formula is C9H5ClN2O3. The molecule has 0 radical (unpaired) electrons. The van der Waals surface area contributed by atoms with Gasteiger partial charge in [0.05, 0.1) is 4.92 Å². The topological polar surface area (TPSA) is 86.2 Å². The van der Waals surface area contributed by atoms with Crippen molar-refractivity contribution in [1.82, 2.24) is 0 Å². The van der Waals surface area contributed by atoms with Gasteiger partial charge in [0.15, 0.2) is 0 Å². The highest BCUT2D eigenvalue weighted by atomic mass is 35.5. The summed E-state index contributed by atoms with van der Waals surface area (Å²) < 4.78 is 0. The van der Waals surface area contributed by atoms with Gasteiger partial charge in [0.1, 0.15) is 5.56 Å². The number of amides is 1. The molecule has 76 valence electrons. The zero-order valence-corrected chi connectivity index (χ0v) is 8.12. The molecule has 15 heavy (non-hydrogen) atoms. The van der Waals surface area contributed by atoms with Crippen LogP contribution in [0.25, 0.3) is 0 Å². The summed E-state index contributed by atoms with van der Waals surface area (Å²) in [7, 11) is 0. The minimum Gasteiger partial charge on any atom is -0.359 e. The van der Waals surface area contributed by atoms with E-state index >= 15 is 0 Å². The van der Waals surface area contributed by atoms with Gasteiger partial charge in [-0.2, -0.15) is 0 Å². The first-order valence-corrected chi connectivity index (χ1v) is 4.14. The van der Waals surface area contributed by atoms with Gasteiger partial charge in [0, 0.05) is 17.0 Å². The van der Waals surface area contributed by atoms with Crippen molar-refractivity contribution in [3.05, 3.63) is 38.9 Å². The Hall–Kier alpha value is -2.06. The molecule has 0 aliphatic heterocycles. The predicted octanol–water partition coefficient (Wildman–Crippen LogP) is 1.08. The van der Waals surface area contributed by atoms with Crippen molar-refractivity contribution in [2.75, 3.05) is 0 Å². The summed E-state index contributed by atoms with van der Waals surface area (Å²) in [5.74, 6) is 3.44. The smallest absolute Gasteiger partial charge is 0.293 e. The zero-order valence-electron chi connectivity index (χ0n) is 7.36. The molecule has 1 amide bonds. The van der Waals surface area contributed by atoms with Crippen molar-refractivity contribution < 1.29 is 9.72 Å². The largest absolute Gasteiger partial charge is 0.359 e. The maximum atomic E-state index is 10.6. The second-order valence-corrected chi connectivity index (χ2v) is 2.97. The van der Waals surface area contributed by atoms with Crippen molar-refractivity contribution in [2.24, 2.45) is 5.73 Å². The van der Waals surface area contributed by atoms with Crippen molar-refractivity contribution in [2.45, 2.75) is 0 Å². The molecule has 0 atom stereocenters. The lowest BCUT2D eigenvalue weighted by Gasteiger charge is -1.95. The summed E-state index contributed by atoms with van der Waals surface area (Å²) in [6, 6.07) is 3.89. The fraction of sp³-hybridized carbons (Fsp3) is 0. The second-order valence-electron chi connectivity index (χ2n) is 2.53. The number of nitro benzene ring substituents is 1. The molecule has 0 aromatic heterocycles. The number of nitrogens with two attached hydrogens (primary N) is 1. The molecule has 0 bridgehead atoms. The number of benzene rings is 1. The minimum atomic E-state index is -0.857. The molecule has 0 spiro atoms. The molecule has 2 N–H and O–H groups in total. The Morgan fingerprint density at radius 3 is 2.73 bits per heavy atom. The lowest BCUT2D eigenvalue weighted by atomic mass is 10.2. The maximum Gasteiger partial charge on any atom is 0.293 e. The number of nitrogens with zero attached hydrogens (tertiary/aromatic N) is 1. The highest BCUT2D eigenvalue weighted by Gasteiger charge is 2.11. The van der Waals surface area contributed by atoms with E-state index < -0.39 is 10.8 Å². The number of primary amides is 1. The number of hydrogen-bond acceptors (Lipinski definition) is 3. The third-order valence-corrected chi connectivity index (χ3v) is 1.71. The lowest BCUT2D eigenvalue weighted by molar-refractivity contribution is -0.385. The fourth-order valence-corrected chi connectivity index (χ4v) is 1.07. The van der Waals surface area contributed by atoms with Crippen molar-refractivity contribution in [3.8, 4) is 11.8 Å². The van der Waals surface area contributed by atoms with E-state index in [2.05, 4.69) is 5.92 Å². The van der Waals surface area contributed by atoms with Crippen LogP contribution in [-0.2, 0) is 4.79 Å². The summed E-state index contributed by atoms with van der Waals surface area (Å²) in [5, 5.41) is 10.9. The van der Waals surface area contributed by atoms with Crippen LogP contribution in [0.15, 0.2) is 18.2 Å². The van der Waals surface area contributed by atoms with Crippen LogP contribution in [0.2, 0.25) is 5.02 Å². The predicted molar refractivity (Wildman–Crippen MR) is 54.2 cm³/mol. The Labute approximate surface area is 90.0 Å². The highest BCUT2D eigenvalue weighted by molar-refractivity contribution is 6.30. The molecule has 0 heterocycles. The molecule has 1 aromatic rings. The first-order valence-electron chi connectivity index (χ1n) is 3.76. The van der Waals surface area contributed by atoms with Gasteiger partial charge in [-0.05, 0) is 18.1 Å². The Balaban J connectivity index is 3.27. The SMILES string of the molecule is NC(=O)C#Cc1cc(Cl)ccc1[N+](=O)[O-]. The van der Waals surface area contributed by atoms with Gasteiger partial charge >= 0.3 is 0 Å². The maximum absolute atomic E-state index is 10.6. The fourth-order valence-electron chi connectivity index (χ4n) is 0.897. The van der Waals surface area contributed by atoms with E-state index in [0.717, 1.165) is 0 Å². The lowest BCUT2D eigenvalue weighted by Crippen LogP contribution is -2.06. The van der Waals surface area contributed by atoms with E-state index in [4.69, 9.17) is 17.3 Å². The van der Waals surface area contributed by atoms with Gasteiger partial charge in [-0.15, -0.1) is 0 Å². The quantitative estimate of drug-likeness (QED) is 0.440. The molecule has 0 saturated heterocycles. The number of carbonyl (C=O) groups excluding carboxylic acids is 1. The number of nitro groups is 1. The van der Waals surface area contributed by atoms with Gasteiger partial charge in [-0.3, -0.25) is 14.9 Å². The van der Waals surface area contributed by atoms with E-state index in [-0.39, 0.29) is 11.3 Å². The van der Waals surface area contributed by atoms with Crippen molar-refractivity contribution >= 4 is 23.2 Å². The van der Waals surface area contributed by atoms with Gasteiger partial charge in [0.2, 0.25) is 0 Å². The molecule has 5 nitrogen and oxygen atoms in total. The number of carbonyl (C=O) groups is 1. The average Bonchev–Trinajstić information content (AvgIpc) is 2.14.